The van der Waals surface area contributed by atoms with Gasteiger partial charge in [0.15, 0.2) is 0 Å². The van der Waals surface area contributed by atoms with Crippen LogP contribution in [0.25, 0.3) is 0 Å². The maximum Gasteiger partial charge on any atom is 0.338 e. The van der Waals surface area contributed by atoms with Crippen LogP contribution < -0.4 is 10.1 Å². The number of carbonyl (C=O) groups is 2. The lowest BCUT2D eigenvalue weighted by molar-refractivity contribution is -0.116. The molecule has 0 saturated heterocycles. The van der Waals surface area contributed by atoms with Crippen LogP contribution in [0.2, 0.25) is 0 Å². The lowest BCUT2D eigenvalue weighted by Crippen LogP contribution is -2.14. The Kier molecular flexibility index (Phi) is 7.01. The summed E-state index contributed by atoms with van der Waals surface area (Å²) >= 11 is 0. The van der Waals surface area contributed by atoms with Crippen LogP contribution in [0.1, 0.15) is 35.7 Å². The highest BCUT2D eigenvalue weighted by Crippen LogP contribution is 2.18. The maximum absolute atomic E-state index is 12.1. The molecule has 0 spiro atoms. The molecule has 5 heteroatoms. The molecule has 0 fully saturated rings. The van der Waals surface area contributed by atoms with Gasteiger partial charge in [0.25, 0.3) is 0 Å². The zero-order valence-corrected chi connectivity index (χ0v) is 14.6. The molecule has 0 radical (unpaired) electrons. The molecule has 0 aliphatic heterocycles. The second-order valence-electron chi connectivity index (χ2n) is 5.56. The standard InChI is InChI=1S/C20H23NO4/c1-3-24-20(23)16-12-11-15(2)18(14-16)21-19(22)10-7-13-25-17-8-5-4-6-9-17/h4-6,8-9,11-12,14H,3,7,10,13H2,1-2H3,(H,21,22). The number of ether oxygens (including phenoxy) is 2. The number of nitrogens with one attached hydrogen (secondary N) is 1. The molecule has 0 aliphatic carbocycles. The van der Waals surface area contributed by atoms with E-state index in [9.17, 15) is 9.59 Å². The summed E-state index contributed by atoms with van der Waals surface area (Å²) < 4.78 is 10.5. The minimum absolute atomic E-state index is 0.110. The largest absolute Gasteiger partial charge is 0.494 e. The summed E-state index contributed by atoms with van der Waals surface area (Å²) in [5.41, 5.74) is 1.94. The van der Waals surface area contributed by atoms with Gasteiger partial charge in [-0.15, -0.1) is 0 Å². The van der Waals surface area contributed by atoms with Gasteiger partial charge in [0.05, 0.1) is 18.8 Å². The van der Waals surface area contributed by atoms with Gasteiger partial charge in [-0.3, -0.25) is 4.79 Å². The molecule has 0 atom stereocenters. The number of benzene rings is 2. The first-order valence-corrected chi connectivity index (χ1v) is 8.35. The monoisotopic (exact) mass is 341 g/mol. The topological polar surface area (TPSA) is 64.6 Å². The minimum Gasteiger partial charge on any atom is -0.494 e. The Hall–Kier alpha value is -2.82. The summed E-state index contributed by atoms with van der Waals surface area (Å²) in [6.45, 7) is 4.42. The average molecular weight is 341 g/mol. The zero-order valence-electron chi connectivity index (χ0n) is 14.6. The molecular formula is C20H23NO4. The molecule has 1 amide bonds. The van der Waals surface area contributed by atoms with Crippen molar-refractivity contribution in [1.82, 2.24) is 0 Å². The summed E-state index contributed by atoms with van der Waals surface area (Å²) in [5.74, 6) is 0.288. The van der Waals surface area contributed by atoms with E-state index >= 15 is 0 Å². The van der Waals surface area contributed by atoms with E-state index in [4.69, 9.17) is 9.47 Å². The molecule has 0 bridgehead atoms. The van der Waals surface area contributed by atoms with Gasteiger partial charge < -0.3 is 14.8 Å². The second-order valence-corrected chi connectivity index (χ2v) is 5.56. The number of rotatable bonds is 8. The van der Waals surface area contributed by atoms with Crippen molar-refractivity contribution in [1.29, 1.82) is 0 Å². The molecule has 25 heavy (non-hydrogen) atoms. The van der Waals surface area contributed by atoms with Crippen molar-refractivity contribution in [3.8, 4) is 5.75 Å². The van der Waals surface area contributed by atoms with Crippen molar-refractivity contribution in [2.75, 3.05) is 18.5 Å². The summed E-state index contributed by atoms with van der Waals surface area (Å²) in [6.07, 6.45) is 0.952. The van der Waals surface area contributed by atoms with Crippen molar-refractivity contribution >= 4 is 17.6 Å². The van der Waals surface area contributed by atoms with E-state index < -0.39 is 5.97 Å². The van der Waals surface area contributed by atoms with Crippen LogP contribution in [0.3, 0.4) is 0 Å². The molecular weight excluding hydrogens is 318 g/mol. The molecule has 0 aromatic heterocycles. The lowest BCUT2D eigenvalue weighted by atomic mass is 10.1. The average Bonchev–Trinajstić information content (AvgIpc) is 2.62. The Labute approximate surface area is 148 Å². The van der Waals surface area contributed by atoms with Gasteiger partial charge in [-0.25, -0.2) is 4.79 Å². The van der Waals surface area contributed by atoms with Crippen LogP contribution in [0.15, 0.2) is 48.5 Å². The van der Waals surface area contributed by atoms with Crippen LogP contribution in [0, 0.1) is 6.92 Å². The molecule has 0 unspecified atom stereocenters. The lowest BCUT2D eigenvalue weighted by Gasteiger charge is -2.11. The van der Waals surface area contributed by atoms with Crippen LogP contribution in [-0.2, 0) is 9.53 Å². The van der Waals surface area contributed by atoms with E-state index in [0.29, 0.717) is 37.3 Å². The van der Waals surface area contributed by atoms with Gasteiger partial charge in [0.1, 0.15) is 5.75 Å². The Bertz CT molecular complexity index is 713. The Morgan fingerprint density at radius 1 is 1.08 bits per heavy atom. The first kappa shape index (κ1) is 18.5. The molecule has 2 aromatic carbocycles. The normalized spacial score (nSPS) is 10.2. The summed E-state index contributed by atoms with van der Waals surface area (Å²) in [4.78, 5) is 23.9. The van der Waals surface area contributed by atoms with E-state index in [1.807, 2.05) is 37.3 Å². The fourth-order valence-electron chi connectivity index (χ4n) is 2.25. The predicted molar refractivity (Wildman–Crippen MR) is 96.9 cm³/mol. The van der Waals surface area contributed by atoms with E-state index in [0.717, 1.165) is 11.3 Å². The van der Waals surface area contributed by atoms with E-state index in [1.165, 1.54) is 0 Å². The third-order valence-electron chi connectivity index (χ3n) is 3.58. The number of hydrogen-bond acceptors (Lipinski definition) is 4. The van der Waals surface area contributed by atoms with E-state index in [-0.39, 0.29) is 5.91 Å². The van der Waals surface area contributed by atoms with Gasteiger partial charge in [-0.1, -0.05) is 24.3 Å². The number of amides is 1. The second kappa shape index (κ2) is 9.47. The molecule has 132 valence electrons. The SMILES string of the molecule is CCOC(=O)c1ccc(C)c(NC(=O)CCCOc2ccccc2)c1. The van der Waals surface area contributed by atoms with Gasteiger partial charge in [-0.05, 0) is 50.1 Å². The number of aryl methyl sites for hydroxylation is 1. The Morgan fingerprint density at radius 2 is 1.84 bits per heavy atom. The quantitative estimate of drug-likeness (QED) is 0.583. The highest BCUT2D eigenvalue weighted by Gasteiger charge is 2.11. The molecule has 0 saturated carbocycles. The molecule has 0 aliphatic rings. The first-order valence-electron chi connectivity index (χ1n) is 8.35. The fourth-order valence-corrected chi connectivity index (χ4v) is 2.25. The number of carbonyl (C=O) groups excluding carboxylic acids is 2. The molecule has 2 aromatic rings. The third-order valence-corrected chi connectivity index (χ3v) is 3.58. The number of esters is 1. The zero-order chi connectivity index (χ0) is 18.1. The highest BCUT2D eigenvalue weighted by molar-refractivity contribution is 5.95. The van der Waals surface area contributed by atoms with Crippen LogP contribution in [0.5, 0.6) is 5.75 Å². The molecule has 5 nitrogen and oxygen atoms in total. The van der Waals surface area contributed by atoms with Gasteiger partial charge >= 0.3 is 5.97 Å². The fraction of sp³-hybridized carbons (Fsp3) is 0.300. The number of hydrogen-bond donors (Lipinski definition) is 1. The third kappa shape index (κ3) is 5.95. The number of anilines is 1. The summed E-state index contributed by atoms with van der Waals surface area (Å²) in [7, 11) is 0. The van der Waals surface area contributed by atoms with Crippen LogP contribution >= 0.6 is 0 Å². The van der Waals surface area contributed by atoms with Gasteiger partial charge in [0, 0.05) is 12.1 Å². The molecule has 0 heterocycles. The van der Waals surface area contributed by atoms with Gasteiger partial charge in [0.2, 0.25) is 5.91 Å². The smallest absolute Gasteiger partial charge is 0.338 e. The minimum atomic E-state index is -0.394. The van der Waals surface area contributed by atoms with Crippen molar-refractivity contribution < 1.29 is 19.1 Å². The van der Waals surface area contributed by atoms with Crippen molar-refractivity contribution in [3.63, 3.8) is 0 Å². The predicted octanol–water partition coefficient (Wildman–Crippen LogP) is 3.97. The van der Waals surface area contributed by atoms with Gasteiger partial charge in [-0.2, -0.15) is 0 Å². The molecule has 1 N–H and O–H groups in total. The highest BCUT2D eigenvalue weighted by atomic mass is 16.5. The van der Waals surface area contributed by atoms with Crippen LogP contribution in [-0.4, -0.2) is 25.1 Å². The first-order chi connectivity index (χ1) is 12.1. The Morgan fingerprint density at radius 3 is 2.56 bits per heavy atom. The maximum atomic E-state index is 12.1. The summed E-state index contributed by atoms with van der Waals surface area (Å²) in [6, 6.07) is 14.6. The number of para-hydroxylation sites is 1. The summed E-state index contributed by atoms with van der Waals surface area (Å²) in [5, 5.41) is 2.84. The van der Waals surface area contributed by atoms with Crippen molar-refractivity contribution in [2.24, 2.45) is 0 Å². The molecule has 2 rings (SSSR count). The van der Waals surface area contributed by atoms with Crippen LogP contribution in [0.4, 0.5) is 5.69 Å². The van der Waals surface area contributed by atoms with Crippen molar-refractivity contribution in [2.45, 2.75) is 26.7 Å². The van der Waals surface area contributed by atoms with E-state index in [1.54, 1.807) is 25.1 Å². The van der Waals surface area contributed by atoms with E-state index in [2.05, 4.69) is 5.32 Å². The van der Waals surface area contributed by atoms with Crippen molar-refractivity contribution in [3.05, 3.63) is 59.7 Å². The Balaban J connectivity index is 1.83.